The Bertz CT molecular complexity index is 386. The minimum atomic E-state index is -0.812. The Morgan fingerprint density at radius 3 is 1.28 bits per heavy atom. The fraction of sp³-hybridized carbons (Fsp3) is 0.964. The Balaban J connectivity index is 3.31. The molecule has 0 saturated heterocycles. The molecule has 0 saturated carbocycles. The number of carboxylic acid groups (broad SMARTS) is 1. The molecule has 3 N–H and O–H groups in total. The number of carbonyl (C=O) groups is 1. The molecule has 0 amide bonds. The van der Waals surface area contributed by atoms with Crippen molar-refractivity contribution >= 4 is 5.97 Å². The van der Waals surface area contributed by atoms with Gasteiger partial charge in [0.05, 0.1) is 12.7 Å². The number of hydrogen-bond acceptors (Lipinski definition) is 3. The Labute approximate surface area is 199 Å². The van der Waals surface area contributed by atoms with Crippen LogP contribution in [0.25, 0.3) is 0 Å². The van der Waals surface area contributed by atoms with Crippen LogP contribution in [0.4, 0.5) is 0 Å². The molecule has 4 heteroatoms. The Morgan fingerprint density at radius 2 is 0.969 bits per heavy atom. The number of unbranched alkanes of at least 4 members (excludes halogenated alkanes) is 19. The van der Waals surface area contributed by atoms with E-state index in [-0.39, 0.29) is 18.9 Å². The smallest absolute Gasteiger partial charge is 0.303 e. The van der Waals surface area contributed by atoms with Crippen molar-refractivity contribution in [3.8, 4) is 0 Å². The lowest BCUT2D eigenvalue weighted by Gasteiger charge is -2.17. The van der Waals surface area contributed by atoms with Crippen molar-refractivity contribution in [1.29, 1.82) is 0 Å². The predicted octanol–water partition coefficient (Wildman–Crippen LogP) is 8.03. The van der Waals surface area contributed by atoms with E-state index in [1.54, 1.807) is 0 Å². The quantitative estimate of drug-likeness (QED) is 0.115. The van der Waals surface area contributed by atoms with Gasteiger partial charge in [-0.05, 0) is 18.8 Å². The van der Waals surface area contributed by atoms with E-state index in [0.717, 1.165) is 19.3 Å². The number of carboxylic acids is 1. The highest BCUT2D eigenvalue weighted by molar-refractivity contribution is 5.67. The SMILES string of the molecule is CCCCCCCCCCCCCCCCCCCCCCC(CC(=O)O)CC(O)CO. The molecule has 0 bridgehead atoms. The zero-order valence-electron chi connectivity index (χ0n) is 21.4. The maximum atomic E-state index is 10.9. The highest BCUT2D eigenvalue weighted by Gasteiger charge is 2.17. The molecule has 0 aromatic rings. The summed E-state index contributed by atoms with van der Waals surface area (Å²) in [4.78, 5) is 10.9. The molecule has 0 heterocycles. The van der Waals surface area contributed by atoms with Crippen molar-refractivity contribution in [1.82, 2.24) is 0 Å². The molecular weight excluding hydrogens is 400 g/mol. The van der Waals surface area contributed by atoms with E-state index >= 15 is 0 Å². The van der Waals surface area contributed by atoms with Crippen LogP contribution in [0.3, 0.4) is 0 Å². The molecule has 2 unspecified atom stereocenters. The molecule has 32 heavy (non-hydrogen) atoms. The zero-order valence-corrected chi connectivity index (χ0v) is 21.4. The second-order valence-corrected chi connectivity index (χ2v) is 10.0. The Hall–Kier alpha value is -0.610. The molecule has 4 nitrogen and oxygen atoms in total. The Kier molecular flexibility index (Phi) is 24.5. The largest absolute Gasteiger partial charge is 0.481 e. The highest BCUT2D eigenvalue weighted by Crippen LogP contribution is 2.21. The molecule has 0 aliphatic carbocycles. The van der Waals surface area contributed by atoms with Crippen LogP contribution in [-0.4, -0.2) is 34.0 Å². The summed E-state index contributed by atoms with van der Waals surface area (Å²) < 4.78 is 0. The van der Waals surface area contributed by atoms with Gasteiger partial charge in [-0.1, -0.05) is 135 Å². The maximum absolute atomic E-state index is 10.9. The molecule has 0 aromatic carbocycles. The summed E-state index contributed by atoms with van der Waals surface area (Å²) >= 11 is 0. The normalized spacial score (nSPS) is 13.3. The lowest BCUT2D eigenvalue weighted by molar-refractivity contribution is -0.138. The highest BCUT2D eigenvalue weighted by atomic mass is 16.4. The van der Waals surface area contributed by atoms with Crippen molar-refractivity contribution in [2.45, 2.75) is 161 Å². The molecule has 0 fully saturated rings. The van der Waals surface area contributed by atoms with Crippen LogP contribution in [-0.2, 0) is 4.79 Å². The van der Waals surface area contributed by atoms with Crippen molar-refractivity contribution in [2.24, 2.45) is 5.92 Å². The van der Waals surface area contributed by atoms with Crippen molar-refractivity contribution in [3.05, 3.63) is 0 Å². The standard InChI is InChI=1S/C28H56O4/c1-2-3-4-5-6-7-8-9-10-11-12-13-14-15-16-17-18-19-20-21-22-26(24-28(31)32)23-27(30)25-29/h26-27,29-30H,2-25H2,1H3,(H,31,32). The third-order valence-corrected chi connectivity index (χ3v) is 6.75. The fourth-order valence-electron chi connectivity index (χ4n) is 4.70. The zero-order chi connectivity index (χ0) is 23.7. The van der Waals surface area contributed by atoms with E-state index < -0.39 is 12.1 Å². The second kappa shape index (κ2) is 25.0. The van der Waals surface area contributed by atoms with Crippen molar-refractivity contribution in [3.63, 3.8) is 0 Å². The molecule has 0 rings (SSSR count). The predicted molar refractivity (Wildman–Crippen MR) is 136 cm³/mol. The first-order valence-corrected chi connectivity index (χ1v) is 14.1. The lowest BCUT2D eigenvalue weighted by Crippen LogP contribution is -2.19. The minimum absolute atomic E-state index is 0.0230. The summed E-state index contributed by atoms with van der Waals surface area (Å²) in [5.74, 6) is -0.835. The van der Waals surface area contributed by atoms with E-state index in [0.29, 0.717) is 6.42 Å². The minimum Gasteiger partial charge on any atom is -0.481 e. The van der Waals surface area contributed by atoms with Crippen LogP contribution in [0.5, 0.6) is 0 Å². The molecule has 0 radical (unpaired) electrons. The molecule has 0 aliphatic rings. The number of hydrogen-bond donors (Lipinski definition) is 3. The molecular formula is C28H56O4. The van der Waals surface area contributed by atoms with Gasteiger partial charge in [0.15, 0.2) is 0 Å². The third kappa shape index (κ3) is 24.0. The topological polar surface area (TPSA) is 77.8 Å². The second-order valence-electron chi connectivity index (χ2n) is 10.0. The van der Waals surface area contributed by atoms with Crippen molar-refractivity contribution < 1.29 is 20.1 Å². The summed E-state index contributed by atoms with van der Waals surface area (Å²) in [7, 11) is 0. The van der Waals surface area contributed by atoms with Gasteiger partial charge in [-0.2, -0.15) is 0 Å². The number of aliphatic hydroxyl groups is 2. The van der Waals surface area contributed by atoms with E-state index in [1.807, 2.05) is 0 Å². The van der Waals surface area contributed by atoms with Crippen LogP contribution < -0.4 is 0 Å². The van der Waals surface area contributed by atoms with E-state index in [4.69, 9.17) is 10.2 Å². The van der Waals surface area contributed by atoms with Gasteiger partial charge in [-0.25, -0.2) is 0 Å². The first kappa shape index (κ1) is 31.4. The van der Waals surface area contributed by atoms with Crippen LogP contribution in [0.15, 0.2) is 0 Å². The molecule has 0 aromatic heterocycles. The average molecular weight is 457 g/mol. The lowest BCUT2D eigenvalue weighted by atomic mass is 9.92. The van der Waals surface area contributed by atoms with Crippen LogP contribution in [0, 0.1) is 5.92 Å². The Morgan fingerprint density at radius 1 is 0.625 bits per heavy atom. The van der Waals surface area contributed by atoms with E-state index in [9.17, 15) is 9.90 Å². The monoisotopic (exact) mass is 456 g/mol. The molecule has 192 valence electrons. The summed E-state index contributed by atoms with van der Waals surface area (Å²) in [5, 5.41) is 27.5. The van der Waals surface area contributed by atoms with Crippen molar-refractivity contribution in [2.75, 3.05) is 6.61 Å². The number of rotatable bonds is 26. The first-order chi connectivity index (χ1) is 15.6. The maximum Gasteiger partial charge on any atom is 0.303 e. The van der Waals surface area contributed by atoms with Gasteiger partial charge in [0.1, 0.15) is 0 Å². The van der Waals surface area contributed by atoms with Crippen LogP contribution in [0.2, 0.25) is 0 Å². The van der Waals surface area contributed by atoms with Crippen LogP contribution >= 0.6 is 0 Å². The van der Waals surface area contributed by atoms with Gasteiger partial charge in [-0.15, -0.1) is 0 Å². The molecule has 0 aliphatic heterocycles. The average Bonchev–Trinajstić information content (AvgIpc) is 2.77. The number of aliphatic carboxylic acids is 1. The number of aliphatic hydroxyl groups excluding tert-OH is 2. The summed E-state index contributed by atoms with van der Waals surface area (Å²) in [6.07, 6.45) is 27.7. The van der Waals surface area contributed by atoms with E-state index in [1.165, 1.54) is 116 Å². The van der Waals surface area contributed by atoms with Gasteiger partial charge in [-0.3, -0.25) is 4.79 Å². The van der Waals surface area contributed by atoms with Gasteiger partial charge in [0.25, 0.3) is 0 Å². The van der Waals surface area contributed by atoms with E-state index in [2.05, 4.69) is 6.92 Å². The van der Waals surface area contributed by atoms with Gasteiger partial charge < -0.3 is 15.3 Å². The summed E-state index contributed by atoms with van der Waals surface area (Å²) in [5.41, 5.74) is 0. The first-order valence-electron chi connectivity index (χ1n) is 14.1. The third-order valence-electron chi connectivity index (χ3n) is 6.75. The summed E-state index contributed by atoms with van der Waals surface area (Å²) in [6.45, 7) is 2.00. The molecule has 2 atom stereocenters. The molecule has 0 spiro atoms. The van der Waals surface area contributed by atoms with Gasteiger partial charge in [0.2, 0.25) is 0 Å². The fourth-order valence-corrected chi connectivity index (χ4v) is 4.70. The van der Waals surface area contributed by atoms with Gasteiger partial charge in [0, 0.05) is 6.42 Å². The summed E-state index contributed by atoms with van der Waals surface area (Å²) in [6, 6.07) is 0. The van der Waals surface area contributed by atoms with Crippen LogP contribution in [0.1, 0.15) is 155 Å². The van der Waals surface area contributed by atoms with Gasteiger partial charge >= 0.3 is 5.97 Å².